The molecule has 0 radical (unpaired) electrons. The first-order chi connectivity index (χ1) is 15.9. The van der Waals surface area contributed by atoms with Crippen LogP contribution >= 0.6 is 11.6 Å². The molecule has 0 aliphatic carbocycles. The smallest absolute Gasteiger partial charge is 0.332 e. The molecule has 5 rings (SSSR count). The zero-order chi connectivity index (χ0) is 23.1. The monoisotopic (exact) mass is 463 g/mol. The molecular formula is C25H26ClN5O2. The number of imidazole rings is 1. The first-order valence-electron chi connectivity index (χ1n) is 11.2. The first kappa shape index (κ1) is 21.5. The van der Waals surface area contributed by atoms with Crippen molar-refractivity contribution in [3.8, 4) is 0 Å². The molecule has 0 amide bonds. The Morgan fingerprint density at radius 3 is 2.45 bits per heavy atom. The minimum atomic E-state index is -0.373. The van der Waals surface area contributed by atoms with Crippen LogP contribution in [0.25, 0.3) is 11.2 Å². The van der Waals surface area contributed by atoms with Crippen molar-refractivity contribution >= 4 is 28.7 Å². The van der Waals surface area contributed by atoms with Gasteiger partial charge < -0.3 is 9.47 Å². The average molecular weight is 464 g/mol. The summed E-state index contributed by atoms with van der Waals surface area (Å²) in [6.07, 6.45) is 0.885. The van der Waals surface area contributed by atoms with Crippen LogP contribution in [0.1, 0.15) is 18.1 Å². The van der Waals surface area contributed by atoms with Crippen LogP contribution < -0.4 is 16.1 Å². The molecule has 7 nitrogen and oxygen atoms in total. The largest absolute Gasteiger partial charge is 0.342 e. The number of benzene rings is 2. The average Bonchev–Trinajstić information content (AvgIpc) is 3.20. The van der Waals surface area contributed by atoms with E-state index in [4.69, 9.17) is 16.6 Å². The molecule has 0 bridgehead atoms. The van der Waals surface area contributed by atoms with Gasteiger partial charge in [0, 0.05) is 31.7 Å². The van der Waals surface area contributed by atoms with E-state index in [1.807, 2.05) is 34.9 Å². The van der Waals surface area contributed by atoms with Crippen LogP contribution in [0.2, 0.25) is 5.02 Å². The maximum absolute atomic E-state index is 13.5. The Labute approximate surface area is 196 Å². The topological polar surface area (TPSA) is 65.1 Å². The Bertz CT molecular complexity index is 1420. The number of halogens is 1. The molecule has 0 N–H and O–H groups in total. The molecule has 1 aliphatic heterocycles. The minimum absolute atomic E-state index is 0.187. The molecule has 170 valence electrons. The van der Waals surface area contributed by atoms with E-state index in [1.54, 1.807) is 19.2 Å². The molecule has 8 heteroatoms. The number of fused-ring (bicyclic) bond motifs is 3. The van der Waals surface area contributed by atoms with Crippen molar-refractivity contribution in [1.29, 1.82) is 0 Å². The number of nitrogens with zero attached hydrogens (tertiary/aromatic N) is 5. The number of anilines is 1. The second-order valence-electron chi connectivity index (χ2n) is 8.84. The molecule has 0 fully saturated rings. The van der Waals surface area contributed by atoms with Gasteiger partial charge in [-0.15, -0.1) is 0 Å². The van der Waals surface area contributed by atoms with Crippen LogP contribution in [0, 0.1) is 5.92 Å². The molecule has 2 aromatic heterocycles. The van der Waals surface area contributed by atoms with Gasteiger partial charge in [-0.05, 0) is 35.6 Å². The summed E-state index contributed by atoms with van der Waals surface area (Å²) < 4.78 is 4.76. The Morgan fingerprint density at radius 1 is 1.00 bits per heavy atom. The van der Waals surface area contributed by atoms with Gasteiger partial charge in [-0.1, -0.05) is 61.0 Å². The molecule has 2 aromatic carbocycles. The summed E-state index contributed by atoms with van der Waals surface area (Å²) in [5.41, 5.74) is 2.34. The molecule has 3 heterocycles. The van der Waals surface area contributed by atoms with E-state index < -0.39 is 0 Å². The van der Waals surface area contributed by atoms with Crippen molar-refractivity contribution in [2.45, 2.75) is 26.4 Å². The maximum atomic E-state index is 13.5. The van der Waals surface area contributed by atoms with E-state index in [-0.39, 0.29) is 17.8 Å². The van der Waals surface area contributed by atoms with Gasteiger partial charge in [0.2, 0.25) is 5.95 Å². The van der Waals surface area contributed by atoms with Gasteiger partial charge in [0.05, 0.1) is 6.54 Å². The highest BCUT2D eigenvalue weighted by Crippen LogP contribution is 2.27. The van der Waals surface area contributed by atoms with E-state index in [9.17, 15) is 9.59 Å². The lowest BCUT2D eigenvalue weighted by Gasteiger charge is -2.33. The molecule has 1 atom stereocenters. The third-order valence-electron chi connectivity index (χ3n) is 6.29. The Balaban J connectivity index is 1.58. The van der Waals surface area contributed by atoms with Crippen LogP contribution in [0.5, 0.6) is 0 Å². The summed E-state index contributed by atoms with van der Waals surface area (Å²) in [5, 5.41) is 0.615. The lowest BCUT2D eigenvalue weighted by Crippen LogP contribution is -2.41. The number of hydrogen-bond acceptors (Lipinski definition) is 4. The molecule has 0 saturated heterocycles. The SMILES string of the molecule is CC1CN(CCc2ccccc2)c2nc3c(c(=O)n(Cc4ccc(Cl)cc4)c(=O)n3C)n2C1. The molecule has 0 spiro atoms. The van der Waals surface area contributed by atoms with Gasteiger partial charge in [-0.3, -0.25) is 13.9 Å². The quantitative estimate of drug-likeness (QED) is 0.455. The number of aromatic nitrogens is 4. The van der Waals surface area contributed by atoms with Gasteiger partial charge in [0.1, 0.15) is 0 Å². The Kier molecular flexibility index (Phi) is 5.58. The molecule has 33 heavy (non-hydrogen) atoms. The van der Waals surface area contributed by atoms with Crippen molar-refractivity contribution < 1.29 is 0 Å². The number of aryl methyl sites for hydroxylation is 1. The van der Waals surface area contributed by atoms with Crippen LogP contribution in [-0.4, -0.2) is 31.8 Å². The lowest BCUT2D eigenvalue weighted by atomic mass is 10.1. The third kappa shape index (κ3) is 3.97. The van der Waals surface area contributed by atoms with Gasteiger partial charge >= 0.3 is 5.69 Å². The zero-order valence-corrected chi connectivity index (χ0v) is 19.5. The summed E-state index contributed by atoms with van der Waals surface area (Å²) in [5.74, 6) is 1.11. The minimum Gasteiger partial charge on any atom is -0.342 e. The fourth-order valence-corrected chi connectivity index (χ4v) is 4.74. The van der Waals surface area contributed by atoms with Crippen LogP contribution in [0.3, 0.4) is 0 Å². The highest BCUT2D eigenvalue weighted by molar-refractivity contribution is 6.30. The molecule has 1 aliphatic rings. The summed E-state index contributed by atoms with van der Waals surface area (Å²) in [6, 6.07) is 17.5. The molecular weight excluding hydrogens is 438 g/mol. The van der Waals surface area contributed by atoms with Crippen molar-refractivity contribution in [3.05, 3.63) is 91.6 Å². The Hall–Kier alpha value is -3.32. The van der Waals surface area contributed by atoms with E-state index in [1.165, 1.54) is 14.7 Å². The fraction of sp³-hybridized carbons (Fsp3) is 0.320. The summed E-state index contributed by atoms with van der Waals surface area (Å²) in [4.78, 5) is 33.6. The summed E-state index contributed by atoms with van der Waals surface area (Å²) >= 11 is 5.99. The van der Waals surface area contributed by atoms with E-state index in [0.717, 1.165) is 31.0 Å². The van der Waals surface area contributed by atoms with Crippen LogP contribution in [-0.2, 0) is 26.6 Å². The number of rotatable bonds is 5. The Morgan fingerprint density at radius 2 is 1.73 bits per heavy atom. The molecule has 1 unspecified atom stereocenters. The predicted octanol–water partition coefficient (Wildman–Crippen LogP) is 3.30. The number of hydrogen-bond donors (Lipinski definition) is 0. The highest BCUT2D eigenvalue weighted by Gasteiger charge is 2.28. The van der Waals surface area contributed by atoms with Gasteiger partial charge in [-0.25, -0.2) is 4.79 Å². The van der Waals surface area contributed by atoms with Crippen molar-refractivity contribution in [1.82, 2.24) is 18.7 Å². The standard InChI is InChI=1S/C25H26ClN5O2/c1-17-14-29(13-12-18-6-4-3-5-7-18)24-27-22-21(30(24)15-17)23(32)31(25(33)28(22)2)16-19-8-10-20(26)11-9-19/h3-11,17H,12-16H2,1-2H3. The molecule has 4 aromatic rings. The second kappa shape index (κ2) is 8.56. The summed E-state index contributed by atoms with van der Waals surface area (Å²) in [7, 11) is 1.68. The summed E-state index contributed by atoms with van der Waals surface area (Å²) in [6.45, 7) is 4.72. The van der Waals surface area contributed by atoms with Crippen LogP contribution in [0.4, 0.5) is 5.95 Å². The van der Waals surface area contributed by atoms with Crippen molar-refractivity contribution in [2.75, 3.05) is 18.0 Å². The lowest BCUT2D eigenvalue weighted by molar-refractivity contribution is 0.437. The van der Waals surface area contributed by atoms with E-state index in [2.05, 4.69) is 24.0 Å². The molecule has 0 saturated carbocycles. The maximum Gasteiger partial charge on any atom is 0.332 e. The van der Waals surface area contributed by atoms with Gasteiger partial charge in [0.15, 0.2) is 11.2 Å². The van der Waals surface area contributed by atoms with E-state index >= 15 is 0 Å². The van der Waals surface area contributed by atoms with E-state index in [0.29, 0.717) is 28.6 Å². The van der Waals surface area contributed by atoms with Crippen LogP contribution in [0.15, 0.2) is 64.2 Å². The predicted molar refractivity (Wildman–Crippen MR) is 131 cm³/mol. The second-order valence-corrected chi connectivity index (χ2v) is 9.28. The normalized spacial score (nSPS) is 15.7. The van der Waals surface area contributed by atoms with Gasteiger partial charge in [0.25, 0.3) is 5.56 Å². The first-order valence-corrected chi connectivity index (χ1v) is 11.5. The zero-order valence-electron chi connectivity index (χ0n) is 18.7. The van der Waals surface area contributed by atoms with Crippen molar-refractivity contribution in [3.63, 3.8) is 0 Å². The fourth-order valence-electron chi connectivity index (χ4n) is 4.61. The van der Waals surface area contributed by atoms with Crippen molar-refractivity contribution in [2.24, 2.45) is 13.0 Å². The highest BCUT2D eigenvalue weighted by atomic mass is 35.5. The third-order valence-corrected chi connectivity index (χ3v) is 6.54. The van der Waals surface area contributed by atoms with Gasteiger partial charge in [-0.2, -0.15) is 4.98 Å².